The number of fused-ring (bicyclic) bond motifs is 1. The third kappa shape index (κ3) is 2.14. The minimum Gasteiger partial charge on any atom is -0.504 e. The molecule has 1 aromatic carbocycles. The maximum atomic E-state index is 12.5. The van der Waals surface area contributed by atoms with Gasteiger partial charge in [0.1, 0.15) is 0 Å². The molecule has 0 fully saturated rings. The topological polar surface area (TPSA) is 49.8 Å². The molecule has 0 aliphatic carbocycles. The molecule has 2 aromatic rings. The van der Waals surface area contributed by atoms with Crippen molar-refractivity contribution >= 4 is 17.2 Å². The highest BCUT2D eigenvalue weighted by atomic mass is 32.1. The quantitative estimate of drug-likeness (QED) is 0.924. The Hall–Kier alpha value is -2.01. The van der Waals surface area contributed by atoms with Crippen LogP contribution in [0.2, 0.25) is 0 Å². The second-order valence-corrected chi connectivity index (χ2v) is 5.70. The first-order chi connectivity index (χ1) is 9.70. The van der Waals surface area contributed by atoms with Crippen LogP contribution in [0.1, 0.15) is 20.8 Å². The molecule has 3 rings (SSSR count). The first-order valence-corrected chi connectivity index (χ1v) is 7.29. The summed E-state index contributed by atoms with van der Waals surface area (Å²) >= 11 is 1.74. The highest BCUT2D eigenvalue weighted by Gasteiger charge is 2.25. The van der Waals surface area contributed by atoms with Crippen LogP contribution in [0.15, 0.2) is 29.6 Å². The Morgan fingerprint density at radius 2 is 2.25 bits per heavy atom. The molecule has 4 nitrogen and oxygen atoms in total. The van der Waals surface area contributed by atoms with E-state index in [2.05, 4.69) is 11.4 Å². The van der Waals surface area contributed by atoms with Gasteiger partial charge < -0.3 is 14.7 Å². The van der Waals surface area contributed by atoms with Gasteiger partial charge in [-0.25, -0.2) is 0 Å². The number of aromatic hydroxyl groups is 1. The minimum atomic E-state index is -0.154. The zero-order valence-electron chi connectivity index (χ0n) is 11.1. The molecule has 1 N–H and O–H groups in total. The van der Waals surface area contributed by atoms with Crippen molar-refractivity contribution in [1.82, 2.24) is 4.90 Å². The molecule has 0 radical (unpaired) electrons. The standard InChI is InChI=1S/C15H15NO3S/c1-19-12-4-2-3-11(14(12)17)15(18)16-7-5-13-10(9-16)6-8-20-13/h2-4,6,8,17H,5,7,9H2,1H3. The number of carbonyl (C=O) groups is 1. The molecule has 0 bridgehead atoms. The van der Waals surface area contributed by atoms with E-state index in [9.17, 15) is 9.90 Å². The van der Waals surface area contributed by atoms with E-state index in [1.165, 1.54) is 17.6 Å². The van der Waals surface area contributed by atoms with E-state index in [0.717, 1.165) is 6.42 Å². The van der Waals surface area contributed by atoms with E-state index in [0.29, 0.717) is 24.4 Å². The monoisotopic (exact) mass is 289 g/mol. The van der Waals surface area contributed by atoms with Crippen molar-refractivity contribution in [3.63, 3.8) is 0 Å². The van der Waals surface area contributed by atoms with Gasteiger partial charge in [-0.3, -0.25) is 4.79 Å². The fourth-order valence-corrected chi connectivity index (χ4v) is 3.34. The molecule has 20 heavy (non-hydrogen) atoms. The lowest BCUT2D eigenvalue weighted by Crippen LogP contribution is -2.35. The second-order valence-electron chi connectivity index (χ2n) is 4.70. The van der Waals surface area contributed by atoms with Gasteiger partial charge in [0.2, 0.25) is 0 Å². The number of hydrogen-bond donors (Lipinski definition) is 1. The van der Waals surface area contributed by atoms with Crippen molar-refractivity contribution in [3.8, 4) is 11.5 Å². The molecule has 0 saturated heterocycles. The van der Waals surface area contributed by atoms with Crippen molar-refractivity contribution < 1.29 is 14.6 Å². The average molecular weight is 289 g/mol. The number of methoxy groups -OCH3 is 1. The highest BCUT2D eigenvalue weighted by molar-refractivity contribution is 7.10. The van der Waals surface area contributed by atoms with Crippen molar-refractivity contribution in [2.45, 2.75) is 13.0 Å². The number of phenols is 1. The van der Waals surface area contributed by atoms with E-state index < -0.39 is 0 Å². The van der Waals surface area contributed by atoms with E-state index in [4.69, 9.17) is 4.74 Å². The molecule has 0 unspecified atom stereocenters. The first-order valence-electron chi connectivity index (χ1n) is 6.41. The van der Waals surface area contributed by atoms with Crippen LogP contribution in [0.4, 0.5) is 0 Å². The maximum Gasteiger partial charge on any atom is 0.258 e. The molecule has 2 heterocycles. The molecule has 0 saturated carbocycles. The van der Waals surface area contributed by atoms with Gasteiger partial charge in [0.15, 0.2) is 11.5 Å². The predicted octanol–water partition coefficient (Wildman–Crippen LogP) is 2.66. The summed E-state index contributed by atoms with van der Waals surface area (Å²) in [5.41, 5.74) is 1.50. The van der Waals surface area contributed by atoms with Gasteiger partial charge in [0, 0.05) is 18.0 Å². The number of para-hydroxylation sites is 1. The van der Waals surface area contributed by atoms with Crippen LogP contribution in [0.3, 0.4) is 0 Å². The van der Waals surface area contributed by atoms with Gasteiger partial charge in [-0.05, 0) is 35.6 Å². The van der Waals surface area contributed by atoms with Crippen LogP contribution in [0, 0.1) is 0 Å². The summed E-state index contributed by atoms with van der Waals surface area (Å²) < 4.78 is 5.05. The highest BCUT2D eigenvalue weighted by Crippen LogP contribution is 2.32. The van der Waals surface area contributed by atoms with Crippen molar-refractivity contribution in [2.75, 3.05) is 13.7 Å². The maximum absolute atomic E-state index is 12.5. The summed E-state index contributed by atoms with van der Waals surface area (Å²) in [5.74, 6) is 0.0819. The molecule has 0 atom stereocenters. The second kappa shape index (κ2) is 5.17. The number of nitrogens with zero attached hydrogens (tertiary/aromatic N) is 1. The Kier molecular flexibility index (Phi) is 3.36. The SMILES string of the molecule is COc1cccc(C(=O)N2CCc3sccc3C2)c1O. The fraction of sp³-hybridized carbons (Fsp3) is 0.267. The van der Waals surface area contributed by atoms with Crippen LogP contribution >= 0.6 is 11.3 Å². The zero-order chi connectivity index (χ0) is 14.1. The van der Waals surface area contributed by atoms with E-state index in [1.54, 1.807) is 34.4 Å². The van der Waals surface area contributed by atoms with Crippen LogP contribution in [-0.2, 0) is 13.0 Å². The van der Waals surface area contributed by atoms with Crippen molar-refractivity contribution in [1.29, 1.82) is 0 Å². The lowest BCUT2D eigenvalue weighted by Gasteiger charge is -2.27. The Balaban J connectivity index is 1.87. The van der Waals surface area contributed by atoms with Crippen LogP contribution in [0.25, 0.3) is 0 Å². The number of thiophene rings is 1. The fourth-order valence-electron chi connectivity index (χ4n) is 2.45. The largest absolute Gasteiger partial charge is 0.504 e. The zero-order valence-corrected chi connectivity index (χ0v) is 11.9. The molecule has 1 amide bonds. The third-order valence-electron chi connectivity index (χ3n) is 3.54. The summed E-state index contributed by atoms with van der Waals surface area (Å²) in [6.45, 7) is 1.29. The van der Waals surface area contributed by atoms with E-state index >= 15 is 0 Å². The Morgan fingerprint density at radius 1 is 1.40 bits per heavy atom. The van der Waals surface area contributed by atoms with Gasteiger partial charge >= 0.3 is 0 Å². The smallest absolute Gasteiger partial charge is 0.258 e. The molecule has 1 aliphatic rings. The lowest BCUT2D eigenvalue weighted by atomic mass is 10.1. The molecular formula is C15H15NO3S. The van der Waals surface area contributed by atoms with Crippen LogP contribution in [0.5, 0.6) is 11.5 Å². The summed E-state index contributed by atoms with van der Waals surface area (Å²) in [6, 6.07) is 7.04. The van der Waals surface area contributed by atoms with Crippen LogP contribution in [-0.4, -0.2) is 29.6 Å². The number of ether oxygens (including phenoxy) is 1. The molecular weight excluding hydrogens is 274 g/mol. The summed E-state index contributed by atoms with van der Waals surface area (Å²) in [5, 5.41) is 12.1. The predicted molar refractivity (Wildman–Crippen MR) is 77.4 cm³/mol. The number of rotatable bonds is 2. The van der Waals surface area contributed by atoms with Gasteiger partial charge in [-0.1, -0.05) is 6.07 Å². The van der Waals surface area contributed by atoms with E-state index in [-0.39, 0.29) is 11.7 Å². The molecule has 1 aromatic heterocycles. The third-order valence-corrected chi connectivity index (χ3v) is 4.57. The summed E-state index contributed by atoms with van der Waals surface area (Å²) in [7, 11) is 1.47. The molecule has 0 spiro atoms. The number of amides is 1. The summed E-state index contributed by atoms with van der Waals surface area (Å²) in [4.78, 5) is 15.7. The first kappa shape index (κ1) is 13.0. The lowest BCUT2D eigenvalue weighted by molar-refractivity contribution is 0.0732. The minimum absolute atomic E-state index is 0.0869. The molecule has 1 aliphatic heterocycles. The molecule has 104 valence electrons. The Labute approximate surface area is 121 Å². The van der Waals surface area contributed by atoms with Crippen LogP contribution < -0.4 is 4.74 Å². The van der Waals surface area contributed by atoms with E-state index in [1.807, 2.05) is 0 Å². The van der Waals surface area contributed by atoms with Crippen molar-refractivity contribution in [3.05, 3.63) is 45.6 Å². The number of carbonyl (C=O) groups excluding carboxylic acids is 1. The summed E-state index contributed by atoms with van der Waals surface area (Å²) in [6.07, 6.45) is 0.878. The Bertz CT molecular complexity index is 650. The number of benzene rings is 1. The normalized spacial score (nSPS) is 13.9. The Morgan fingerprint density at radius 3 is 3.05 bits per heavy atom. The number of hydrogen-bond acceptors (Lipinski definition) is 4. The van der Waals surface area contributed by atoms with Gasteiger partial charge in [0.05, 0.1) is 12.7 Å². The average Bonchev–Trinajstić information content (AvgIpc) is 2.94. The van der Waals surface area contributed by atoms with Gasteiger partial charge in [0.25, 0.3) is 5.91 Å². The van der Waals surface area contributed by atoms with Gasteiger partial charge in [-0.2, -0.15) is 0 Å². The number of phenolic OH excluding ortho intramolecular Hbond substituents is 1. The van der Waals surface area contributed by atoms with Crippen molar-refractivity contribution in [2.24, 2.45) is 0 Å². The van der Waals surface area contributed by atoms with Gasteiger partial charge in [-0.15, -0.1) is 11.3 Å². The molecule has 5 heteroatoms.